The van der Waals surface area contributed by atoms with Gasteiger partial charge in [-0.1, -0.05) is 29.8 Å². The fourth-order valence-corrected chi connectivity index (χ4v) is 5.28. The van der Waals surface area contributed by atoms with E-state index in [2.05, 4.69) is 39.3 Å². The number of likely N-dealkylation sites (N-methyl/N-ethyl adjacent to an activating group) is 1. The number of anilines is 3. The predicted octanol–water partition coefficient (Wildman–Crippen LogP) is 5.38. The van der Waals surface area contributed by atoms with E-state index in [9.17, 15) is 0 Å². The third-order valence-electron chi connectivity index (χ3n) is 6.77. The maximum atomic E-state index is 6.63. The Bertz CT molecular complexity index is 1470. The van der Waals surface area contributed by atoms with Crippen LogP contribution < -0.4 is 20.5 Å². The summed E-state index contributed by atoms with van der Waals surface area (Å²) in [4.78, 5) is 11.3. The zero-order chi connectivity index (χ0) is 27.5. The minimum Gasteiger partial charge on any atom is -0.494 e. The van der Waals surface area contributed by atoms with E-state index in [1.807, 2.05) is 25.9 Å². The summed E-state index contributed by atoms with van der Waals surface area (Å²) in [5.74, 6) is 1.46. The largest absolute Gasteiger partial charge is 0.494 e. The topological polar surface area (TPSA) is 99.7 Å². The zero-order valence-corrected chi connectivity index (χ0v) is 23.6. The molecule has 3 heterocycles. The molecule has 0 saturated carbocycles. The van der Waals surface area contributed by atoms with E-state index in [1.54, 1.807) is 25.4 Å². The van der Waals surface area contributed by atoms with Gasteiger partial charge < -0.3 is 34.7 Å². The summed E-state index contributed by atoms with van der Waals surface area (Å²) < 4.78 is 19.8. The standard InChI is InChI=1S/C29H35ClN6O3/c1-5-38-17-19(15-35(2)3)39-25-13-26(37-4)24(12-23(25)31)33-29-32-14-22(30)27(34-29)21-16-36-11-7-9-18-8-6-10-20(21)28(18)36/h6,8,10,12-14,16,19H,5,7,9,11,15,17,31H2,1-4H3,(H,32,33,34). The maximum absolute atomic E-state index is 6.63. The van der Waals surface area contributed by atoms with Crippen molar-refractivity contribution < 1.29 is 14.2 Å². The van der Waals surface area contributed by atoms with Gasteiger partial charge in [0.15, 0.2) is 0 Å². The first kappa shape index (κ1) is 27.1. The van der Waals surface area contributed by atoms with Gasteiger partial charge in [0.1, 0.15) is 17.6 Å². The number of hydrogen-bond donors (Lipinski definition) is 2. The molecule has 1 unspecified atom stereocenters. The number of rotatable bonds is 11. The van der Waals surface area contributed by atoms with Crippen LogP contribution in [0.25, 0.3) is 22.2 Å². The molecule has 0 amide bonds. The number of benzene rings is 2. The minimum atomic E-state index is -0.188. The molecule has 206 valence electrons. The quantitative estimate of drug-likeness (QED) is 0.240. The Morgan fingerprint density at radius 3 is 2.85 bits per heavy atom. The molecule has 1 atom stereocenters. The van der Waals surface area contributed by atoms with Gasteiger partial charge in [0.2, 0.25) is 5.95 Å². The Labute approximate surface area is 233 Å². The van der Waals surface area contributed by atoms with Crippen molar-refractivity contribution in [2.75, 3.05) is 52.0 Å². The number of para-hydroxylation sites is 1. The Morgan fingerprint density at radius 2 is 2.08 bits per heavy atom. The Morgan fingerprint density at radius 1 is 1.23 bits per heavy atom. The predicted molar refractivity (Wildman–Crippen MR) is 156 cm³/mol. The third kappa shape index (κ3) is 5.75. The molecule has 39 heavy (non-hydrogen) atoms. The SMILES string of the molecule is CCOCC(CN(C)C)Oc1cc(OC)c(Nc2ncc(Cl)c(-c3cn4c5c(cccc35)CCC4)n2)cc1N. The highest BCUT2D eigenvalue weighted by Gasteiger charge is 2.21. The number of aromatic nitrogens is 3. The summed E-state index contributed by atoms with van der Waals surface area (Å²) in [6.45, 7) is 4.68. The second-order valence-electron chi connectivity index (χ2n) is 9.92. The monoisotopic (exact) mass is 550 g/mol. The van der Waals surface area contributed by atoms with Crippen molar-refractivity contribution in [1.82, 2.24) is 19.4 Å². The van der Waals surface area contributed by atoms with Gasteiger partial charge in [-0.25, -0.2) is 9.97 Å². The lowest BCUT2D eigenvalue weighted by Crippen LogP contribution is -2.34. The average Bonchev–Trinajstić information content (AvgIpc) is 3.29. The van der Waals surface area contributed by atoms with Gasteiger partial charge in [0.25, 0.3) is 0 Å². The summed E-state index contributed by atoms with van der Waals surface area (Å²) >= 11 is 6.63. The lowest BCUT2D eigenvalue weighted by atomic mass is 10.0. The Balaban J connectivity index is 1.44. The number of aryl methyl sites for hydroxylation is 2. The summed E-state index contributed by atoms with van der Waals surface area (Å²) in [7, 11) is 5.58. The molecule has 3 N–H and O–H groups in total. The molecular weight excluding hydrogens is 516 g/mol. The van der Waals surface area contributed by atoms with Crippen LogP contribution >= 0.6 is 11.6 Å². The molecule has 1 aliphatic rings. The number of hydrogen-bond acceptors (Lipinski definition) is 8. The molecule has 0 aliphatic carbocycles. The molecule has 0 spiro atoms. The van der Waals surface area contributed by atoms with Crippen molar-refractivity contribution in [2.24, 2.45) is 0 Å². The highest BCUT2D eigenvalue weighted by atomic mass is 35.5. The number of ether oxygens (including phenoxy) is 3. The first-order valence-corrected chi connectivity index (χ1v) is 13.5. The maximum Gasteiger partial charge on any atom is 0.227 e. The van der Waals surface area contributed by atoms with Crippen LogP contribution in [0.3, 0.4) is 0 Å². The van der Waals surface area contributed by atoms with Gasteiger partial charge in [-0.15, -0.1) is 0 Å². The molecule has 5 rings (SSSR count). The van der Waals surface area contributed by atoms with Crippen LogP contribution in [0.4, 0.5) is 17.3 Å². The summed E-state index contributed by atoms with van der Waals surface area (Å²) in [6.07, 6.45) is 5.76. The van der Waals surface area contributed by atoms with E-state index in [4.69, 9.17) is 36.5 Å². The van der Waals surface area contributed by atoms with Crippen LogP contribution in [-0.2, 0) is 17.7 Å². The van der Waals surface area contributed by atoms with Gasteiger partial charge in [0.05, 0.1) is 47.5 Å². The fourth-order valence-electron chi connectivity index (χ4n) is 5.09. The van der Waals surface area contributed by atoms with Crippen molar-refractivity contribution in [3.8, 4) is 22.8 Å². The minimum absolute atomic E-state index is 0.188. The van der Waals surface area contributed by atoms with Crippen molar-refractivity contribution in [2.45, 2.75) is 32.4 Å². The molecule has 1 aliphatic heterocycles. The first-order chi connectivity index (χ1) is 18.9. The molecule has 0 fully saturated rings. The molecule has 2 aromatic carbocycles. The second kappa shape index (κ2) is 11.7. The van der Waals surface area contributed by atoms with Gasteiger partial charge in [-0.05, 0) is 45.5 Å². The third-order valence-corrected chi connectivity index (χ3v) is 7.05. The molecule has 0 saturated heterocycles. The molecule has 10 heteroatoms. The van der Waals surface area contributed by atoms with Crippen molar-refractivity contribution in [3.63, 3.8) is 0 Å². The van der Waals surface area contributed by atoms with Gasteiger partial charge >= 0.3 is 0 Å². The van der Waals surface area contributed by atoms with Crippen LogP contribution in [0.5, 0.6) is 11.5 Å². The van der Waals surface area contributed by atoms with Crippen molar-refractivity contribution in [3.05, 3.63) is 53.3 Å². The average molecular weight is 551 g/mol. The number of methoxy groups -OCH3 is 1. The van der Waals surface area contributed by atoms with E-state index >= 15 is 0 Å². The highest BCUT2D eigenvalue weighted by molar-refractivity contribution is 6.33. The molecule has 2 aromatic heterocycles. The number of nitrogens with zero attached hydrogens (tertiary/aromatic N) is 4. The fraction of sp³-hybridized carbons (Fsp3) is 0.379. The molecule has 0 radical (unpaired) electrons. The smallest absolute Gasteiger partial charge is 0.227 e. The number of nitrogens with one attached hydrogen (secondary N) is 1. The van der Waals surface area contributed by atoms with Crippen LogP contribution in [0, 0.1) is 0 Å². The zero-order valence-electron chi connectivity index (χ0n) is 22.8. The van der Waals surface area contributed by atoms with E-state index in [1.165, 1.54) is 11.1 Å². The normalized spacial score (nSPS) is 13.6. The van der Waals surface area contributed by atoms with E-state index in [0.29, 0.717) is 59.3 Å². The Hall–Kier alpha value is -3.53. The molecule has 0 bridgehead atoms. The molecule has 9 nitrogen and oxygen atoms in total. The summed E-state index contributed by atoms with van der Waals surface area (Å²) in [5.41, 5.74) is 11.8. The number of halogens is 1. The highest BCUT2D eigenvalue weighted by Crippen LogP contribution is 2.39. The summed E-state index contributed by atoms with van der Waals surface area (Å²) in [5, 5.41) is 4.89. The lowest BCUT2D eigenvalue weighted by molar-refractivity contribution is 0.0435. The van der Waals surface area contributed by atoms with Crippen LogP contribution in [0.2, 0.25) is 5.02 Å². The van der Waals surface area contributed by atoms with Gasteiger partial charge in [-0.2, -0.15) is 0 Å². The van der Waals surface area contributed by atoms with E-state index in [-0.39, 0.29) is 6.10 Å². The van der Waals surface area contributed by atoms with E-state index < -0.39 is 0 Å². The Kier molecular flexibility index (Phi) is 8.11. The van der Waals surface area contributed by atoms with Crippen LogP contribution in [0.1, 0.15) is 18.9 Å². The van der Waals surface area contributed by atoms with Gasteiger partial charge in [-0.3, -0.25) is 0 Å². The van der Waals surface area contributed by atoms with E-state index in [0.717, 1.165) is 30.3 Å². The second-order valence-corrected chi connectivity index (χ2v) is 10.3. The van der Waals surface area contributed by atoms with Crippen molar-refractivity contribution in [1.29, 1.82) is 0 Å². The molecular formula is C29H35ClN6O3. The molecule has 4 aromatic rings. The van der Waals surface area contributed by atoms with Crippen LogP contribution in [0.15, 0.2) is 42.7 Å². The lowest BCUT2D eigenvalue weighted by Gasteiger charge is -2.24. The number of nitrogen functional groups attached to an aromatic ring is 1. The van der Waals surface area contributed by atoms with Crippen LogP contribution in [-0.4, -0.2) is 66.5 Å². The van der Waals surface area contributed by atoms with Crippen molar-refractivity contribution >= 4 is 39.8 Å². The number of nitrogens with two attached hydrogens (primary N) is 1. The summed E-state index contributed by atoms with van der Waals surface area (Å²) in [6, 6.07) is 9.95. The first-order valence-electron chi connectivity index (χ1n) is 13.1. The van der Waals surface area contributed by atoms with Gasteiger partial charge in [0, 0.05) is 42.9 Å².